The average molecular weight is 379 g/mol. The SMILES string of the molecule is O=S(=O)(Nc1ccc(CCN2CCCCC2)cc1)c1cccc(Cl)c1. The average Bonchev–Trinajstić information content (AvgIpc) is 2.62. The van der Waals surface area contributed by atoms with Crippen LogP contribution in [0.3, 0.4) is 0 Å². The molecule has 1 aliphatic rings. The van der Waals surface area contributed by atoms with E-state index in [1.54, 1.807) is 12.1 Å². The Morgan fingerprint density at radius 2 is 1.72 bits per heavy atom. The highest BCUT2D eigenvalue weighted by molar-refractivity contribution is 7.92. The highest BCUT2D eigenvalue weighted by atomic mass is 35.5. The van der Waals surface area contributed by atoms with Gasteiger partial charge in [0.05, 0.1) is 4.90 Å². The lowest BCUT2D eigenvalue weighted by atomic mass is 10.1. The fourth-order valence-electron chi connectivity index (χ4n) is 3.06. The number of benzene rings is 2. The minimum atomic E-state index is -3.62. The zero-order valence-corrected chi connectivity index (χ0v) is 15.7. The third kappa shape index (κ3) is 5.21. The van der Waals surface area contributed by atoms with Gasteiger partial charge in [-0.15, -0.1) is 0 Å². The van der Waals surface area contributed by atoms with Crippen LogP contribution in [0, 0.1) is 0 Å². The molecule has 0 saturated carbocycles. The quantitative estimate of drug-likeness (QED) is 0.820. The lowest BCUT2D eigenvalue weighted by Gasteiger charge is -2.26. The number of likely N-dealkylation sites (tertiary alicyclic amines) is 1. The smallest absolute Gasteiger partial charge is 0.261 e. The van der Waals surface area contributed by atoms with E-state index in [9.17, 15) is 8.42 Å². The molecule has 2 aromatic carbocycles. The van der Waals surface area contributed by atoms with Crippen LogP contribution in [-0.2, 0) is 16.4 Å². The number of nitrogens with one attached hydrogen (secondary N) is 1. The molecule has 1 N–H and O–H groups in total. The molecule has 0 atom stereocenters. The van der Waals surface area contributed by atoms with Crippen LogP contribution in [0.25, 0.3) is 0 Å². The summed E-state index contributed by atoms with van der Waals surface area (Å²) in [4.78, 5) is 2.66. The van der Waals surface area contributed by atoms with Crippen molar-refractivity contribution in [1.29, 1.82) is 0 Å². The molecule has 0 amide bonds. The minimum absolute atomic E-state index is 0.161. The molecule has 0 bridgehead atoms. The van der Waals surface area contributed by atoms with Crippen molar-refractivity contribution in [3.05, 3.63) is 59.1 Å². The largest absolute Gasteiger partial charge is 0.303 e. The van der Waals surface area contributed by atoms with E-state index in [0.717, 1.165) is 13.0 Å². The van der Waals surface area contributed by atoms with Gasteiger partial charge in [-0.1, -0.05) is 36.2 Å². The van der Waals surface area contributed by atoms with Crippen LogP contribution in [0.15, 0.2) is 53.4 Å². The molecular formula is C19H23ClN2O2S. The molecule has 4 nitrogen and oxygen atoms in total. The van der Waals surface area contributed by atoms with Crippen LogP contribution in [0.2, 0.25) is 5.02 Å². The molecule has 1 aliphatic heterocycles. The predicted molar refractivity (Wildman–Crippen MR) is 103 cm³/mol. The maximum absolute atomic E-state index is 12.4. The van der Waals surface area contributed by atoms with Crippen LogP contribution >= 0.6 is 11.6 Å². The third-order valence-electron chi connectivity index (χ3n) is 4.48. The molecule has 2 aromatic rings. The first-order valence-electron chi connectivity index (χ1n) is 8.63. The van der Waals surface area contributed by atoms with Gasteiger partial charge in [-0.2, -0.15) is 0 Å². The van der Waals surface area contributed by atoms with Gasteiger partial charge in [-0.3, -0.25) is 4.72 Å². The van der Waals surface area contributed by atoms with Crippen molar-refractivity contribution < 1.29 is 8.42 Å². The van der Waals surface area contributed by atoms with E-state index < -0.39 is 10.0 Å². The summed E-state index contributed by atoms with van der Waals surface area (Å²) in [7, 11) is -3.62. The summed E-state index contributed by atoms with van der Waals surface area (Å²) >= 11 is 5.88. The van der Waals surface area contributed by atoms with Crippen molar-refractivity contribution in [1.82, 2.24) is 4.90 Å². The number of anilines is 1. The molecule has 1 heterocycles. The monoisotopic (exact) mass is 378 g/mol. The highest BCUT2D eigenvalue weighted by Crippen LogP contribution is 2.20. The fraction of sp³-hybridized carbons (Fsp3) is 0.368. The molecule has 0 unspecified atom stereocenters. The maximum atomic E-state index is 12.4. The molecule has 3 rings (SSSR count). The summed E-state index contributed by atoms with van der Waals surface area (Å²) in [6.07, 6.45) is 4.92. The van der Waals surface area contributed by atoms with Crippen LogP contribution in [0.1, 0.15) is 24.8 Å². The van der Waals surface area contributed by atoms with E-state index in [0.29, 0.717) is 10.7 Å². The minimum Gasteiger partial charge on any atom is -0.303 e. The van der Waals surface area contributed by atoms with E-state index in [4.69, 9.17) is 11.6 Å². The molecular weight excluding hydrogens is 356 g/mol. The number of hydrogen-bond acceptors (Lipinski definition) is 3. The Balaban J connectivity index is 1.60. The van der Waals surface area contributed by atoms with E-state index >= 15 is 0 Å². The topological polar surface area (TPSA) is 49.4 Å². The highest BCUT2D eigenvalue weighted by Gasteiger charge is 2.14. The molecule has 1 saturated heterocycles. The van der Waals surface area contributed by atoms with Crippen molar-refractivity contribution in [3.8, 4) is 0 Å². The van der Waals surface area contributed by atoms with Gasteiger partial charge in [0.15, 0.2) is 0 Å². The Morgan fingerprint density at radius 3 is 2.40 bits per heavy atom. The van der Waals surface area contributed by atoms with Crippen molar-refractivity contribution in [2.75, 3.05) is 24.4 Å². The van der Waals surface area contributed by atoms with Crippen molar-refractivity contribution in [2.45, 2.75) is 30.6 Å². The van der Waals surface area contributed by atoms with Gasteiger partial charge in [0.25, 0.3) is 10.0 Å². The van der Waals surface area contributed by atoms with Crippen LogP contribution in [-0.4, -0.2) is 33.0 Å². The number of nitrogens with zero attached hydrogens (tertiary/aromatic N) is 1. The summed E-state index contributed by atoms with van der Waals surface area (Å²) in [5.74, 6) is 0. The second kappa shape index (κ2) is 8.21. The number of rotatable bonds is 6. The summed E-state index contributed by atoms with van der Waals surface area (Å²) < 4.78 is 27.4. The van der Waals surface area contributed by atoms with Gasteiger partial charge in [0, 0.05) is 17.3 Å². The second-order valence-corrected chi connectivity index (χ2v) is 8.53. The van der Waals surface area contributed by atoms with Gasteiger partial charge in [0.1, 0.15) is 0 Å². The van der Waals surface area contributed by atoms with Gasteiger partial charge in [0.2, 0.25) is 0 Å². The second-order valence-electron chi connectivity index (χ2n) is 6.41. The van der Waals surface area contributed by atoms with E-state index in [2.05, 4.69) is 9.62 Å². The lowest BCUT2D eigenvalue weighted by Crippen LogP contribution is -2.31. The molecule has 0 radical (unpaired) electrons. The summed E-state index contributed by atoms with van der Waals surface area (Å²) in [5.41, 5.74) is 1.78. The first-order valence-corrected chi connectivity index (χ1v) is 10.5. The molecule has 134 valence electrons. The standard InChI is InChI=1S/C19H23ClN2O2S/c20-17-5-4-6-19(15-17)25(23,24)21-18-9-7-16(8-10-18)11-14-22-12-2-1-3-13-22/h4-10,15,21H,1-3,11-14H2. The molecule has 0 spiro atoms. The van der Waals surface area contributed by atoms with Crippen LogP contribution in [0.4, 0.5) is 5.69 Å². The summed E-state index contributed by atoms with van der Waals surface area (Å²) in [5, 5.41) is 0.399. The third-order valence-corrected chi connectivity index (χ3v) is 6.09. The van der Waals surface area contributed by atoms with E-state index in [1.807, 2.05) is 24.3 Å². The normalized spacial score (nSPS) is 15.9. The molecule has 25 heavy (non-hydrogen) atoms. The Hall–Kier alpha value is -1.56. The number of halogens is 1. The van der Waals surface area contributed by atoms with Crippen molar-refractivity contribution in [3.63, 3.8) is 0 Å². The Morgan fingerprint density at radius 1 is 1.00 bits per heavy atom. The number of sulfonamides is 1. The predicted octanol–water partition coefficient (Wildman–Crippen LogP) is 4.17. The number of piperidine rings is 1. The Kier molecular flexibility index (Phi) is 5.99. The first-order chi connectivity index (χ1) is 12.0. The van der Waals surface area contributed by atoms with Crippen LogP contribution < -0.4 is 4.72 Å². The zero-order chi connectivity index (χ0) is 17.7. The molecule has 0 aromatic heterocycles. The summed E-state index contributed by atoms with van der Waals surface area (Å²) in [6.45, 7) is 3.45. The van der Waals surface area contributed by atoms with Crippen LogP contribution in [0.5, 0.6) is 0 Å². The fourth-order valence-corrected chi connectivity index (χ4v) is 4.42. The Labute approximate surface area is 154 Å². The van der Waals surface area contributed by atoms with Gasteiger partial charge in [-0.25, -0.2) is 8.42 Å². The van der Waals surface area contributed by atoms with Crippen molar-refractivity contribution >= 4 is 27.3 Å². The first kappa shape index (κ1) is 18.2. The van der Waals surface area contributed by atoms with Gasteiger partial charge < -0.3 is 4.90 Å². The molecule has 1 fully saturated rings. The van der Waals surface area contributed by atoms with Crippen molar-refractivity contribution in [2.24, 2.45) is 0 Å². The maximum Gasteiger partial charge on any atom is 0.261 e. The lowest BCUT2D eigenvalue weighted by molar-refractivity contribution is 0.231. The van der Waals surface area contributed by atoms with Gasteiger partial charge in [-0.05, 0) is 68.2 Å². The zero-order valence-electron chi connectivity index (χ0n) is 14.1. The van der Waals surface area contributed by atoms with Gasteiger partial charge >= 0.3 is 0 Å². The number of hydrogen-bond donors (Lipinski definition) is 1. The van der Waals surface area contributed by atoms with E-state index in [1.165, 1.54) is 50.0 Å². The Bertz CT molecular complexity index is 800. The molecule has 0 aliphatic carbocycles. The summed E-state index contributed by atoms with van der Waals surface area (Å²) in [6, 6.07) is 13.8. The van der Waals surface area contributed by atoms with E-state index in [-0.39, 0.29) is 4.90 Å². The molecule has 6 heteroatoms.